The fraction of sp³-hybridized carbons (Fsp3) is 0.111. The molecule has 0 spiro atoms. The average Bonchev–Trinajstić information content (AvgIpc) is 2.85. The fourth-order valence-electron chi connectivity index (χ4n) is 3.43. The maximum atomic E-state index is 12.2. The van der Waals surface area contributed by atoms with E-state index in [9.17, 15) is 4.79 Å². The van der Waals surface area contributed by atoms with E-state index >= 15 is 0 Å². The number of ether oxygens (including phenoxy) is 2. The molecule has 0 saturated carbocycles. The summed E-state index contributed by atoms with van der Waals surface area (Å²) in [5.74, 6) is 0.879. The molecule has 1 N–H and O–H groups in total. The predicted molar refractivity (Wildman–Crippen MR) is 140 cm³/mol. The van der Waals surface area contributed by atoms with Crippen molar-refractivity contribution in [3.63, 3.8) is 0 Å². The number of rotatable bonds is 8. The van der Waals surface area contributed by atoms with Gasteiger partial charge in [-0.05, 0) is 75.6 Å². The van der Waals surface area contributed by atoms with Crippen LogP contribution < -0.4 is 14.9 Å². The topological polar surface area (TPSA) is 59.9 Å². The highest BCUT2D eigenvalue weighted by molar-refractivity contribution is 9.10. The molecule has 0 radical (unpaired) electrons. The number of nitrogens with zero attached hydrogens (tertiary/aromatic N) is 1. The molecule has 4 aromatic rings. The zero-order valence-corrected chi connectivity index (χ0v) is 20.8. The third-order valence-electron chi connectivity index (χ3n) is 5.10. The molecule has 0 heterocycles. The number of hydrazone groups is 1. The van der Waals surface area contributed by atoms with Crippen LogP contribution in [0.1, 0.15) is 28.4 Å². The van der Waals surface area contributed by atoms with Gasteiger partial charge >= 0.3 is 0 Å². The summed E-state index contributed by atoms with van der Waals surface area (Å²) in [6.45, 7) is 2.80. The molecule has 0 aromatic heterocycles. The maximum Gasteiger partial charge on any atom is 0.271 e. The van der Waals surface area contributed by atoms with Crippen molar-refractivity contribution in [1.29, 1.82) is 0 Å². The van der Waals surface area contributed by atoms with Gasteiger partial charge in [-0.1, -0.05) is 54.1 Å². The van der Waals surface area contributed by atoms with E-state index in [1.165, 1.54) is 5.39 Å². The average molecular weight is 538 g/mol. The van der Waals surface area contributed by atoms with E-state index in [0.717, 1.165) is 21.0 Å². The van der Waals surface area contributed by atoms with E-state index in [0.29, 0.717) is 35.3 Å². The quantitative estimate of drug-likeness (QED) is 0.194. The van der Waals surface area contributed by atoms with E-state index in [1.54, 1.807) is 30.5 Å². The molecule has 5 nitrogen and oxygen atoms in total. The van der Waals surface area contributed by atoms with Crippen LogP contribution in [-0.2, 0) is 6.61 Å². The molecule has 0 aliphatic carbocycles. The summed E-state index contributed by atoms with van der Waals surface area (Å²) in [5.41, 5.74) is 4.81. The Kier molecular flexibility index (Phi) is 7.83. The standard InChI is InChI=1S/C27H22BrClN2O3/c1-2-33-25-14-21(16-30-31-27(32)19-10-12-22(29)13-11-19)24(28)15-26(25)34-17-20-8-5-7-18-6-3-4-9-23(18)20/h3-16H,2,17H2,1H3,(H,31,32)/b30-16-. The molecule has 0 unspecified atom stereocenters. The predicted octanol–water partition coefficient (Wildman–Crippen LogP) is 7.00. The molecule has 4 aromatic carbocycles. The van der Waals surface area contributed by atoms with E-state index in [4.69, 9.17) is 21.1 Å². The number of carbonyl (C=O) groups is 1. The van der Waals surface area contributed by atoms with Gasteiger partial charge < -0.3 is 9.47 Å². The maximum absolute atomic E-state index is 12.2. The zero-order chi connectivity index (χ0) is 23.9. The molecule has 4 rings (SSSR count). The van der Waals surface area contributed by atoms with Crippen LogP contribution in [0.4, 0.5) is 0 Å². The zero-order valence-electron chi connectivity index (χ0n) is 18.4. The lowest BCUT2D eigenvalue weighted by Crippen LogP contribution is -2.17. The van der Waals surface area contributed by atoms with Gasteiger partial charge in [0.15, 0.2) is 11.5 Å². The van der Waals surface area contributed by atoms with Crippen LogP contribution in [0.25, 0.3) is 10.8 Å². The summed E-state index contributed by atoms with van der Waals surface area (Å²) < 4.78 is 12.7. The Morgan fingerprint density at radius 1 is 1.00 bits per heavy atom. The van der Waals surface area contributed by atoms with Gasteiger partial charge in [0.2, 0.25) is 0 Å². The third-order valence-corrected chi connectivity index (χ3v) is 6.04. The third kappa shape index (κ3) is 5.76. The smallest absolute Gasteiger partial charge is 0.271 e. The second-order valence-electron chi connectivity index (χ2n) is 7.39. The first-order valence-corrected chi connectivity index (χ1v) is 11.9. The Bertz CT molecular complexity index is 1330. The molecule has 0 aliphatic rings. The first kappa shape index (κ1) is 23.8. The number of hydrogen-bond donors (Lipinski definition) is 1. The molecule has 172 valence electrons. The Morgan fingerprint density at radius 2 is 1.74 bits per heavy atom. The highest BCUT2D eigenvalue weighted by Crippen LogP contribution is 2.34. The van der Waals surface area contributed by atoms with Crippen molar-refractivity contribution in [2.24, 2.45) is 5.10 Å². The van der Waals surface area contributed by atoms with Crippen LogP contribution in [0, 0.1) is 0 Å². The highest BCUT2D eigenvalue weighted by atomic mass is 79.9. The Morgan fingerprint density at radius 3 is 2.53 bits per heavy atom. The van der Waals surface area contributed by atoms with Crippen molar-refractivity contribution in [3.05, 3.63) is 105 Å². The molecule has 0 fully saturated rings. The van der Waals surface area contributed by atoms with Gasteiger partial charge in [-0.25, -0.2) is 5.43 Å². The van der Waals surface area contributed by atoms with Crippen molar-refractivity contribution < 1.29 is 14.3 Å². The number of carbonyl (C=O) groups excluding carboxylic acids is 1. The van der Waals surface area contributed by atoms with Gasteiger partial charge in [0.1, 0.15) is 6.61 Å². The van der Waals surface area contributed by atoms with Gasteiger partial charge in [-0.15, -0.1) is 0 Å². The summed E-state index contributed by atoms with van der Waals surface area (Å²) in [6.07, 6.45) is 1.55. The van der Waals surface area contributed by atoms with Crippen LogP contribution in [0.3, 0.4) is 0 Å². The first-order chi connectivity index (χ1) is 16.5. The molecule has 0 atom stereocenters. The molecule has 34 heavy (non-hydrogen) atoms. The van der Waals surface area contributed by atoms with Crippen molar-refractivity contribution in [2.45, 2.75) is 13.5 Å². The van der Waals surface area contributed by atoms with E-state index in [1.807, 2.05) is 37.3 Å². The van der Waals surface area contributed by atoms with E-state index in [-0.39, 0.29) is 5.91 Å². The minimum absolute atomic E-state index is 0.330. The fourth-order valence-corrected chi connectivity index (χ4v) is 3.98. The normalized spacial score (nSPS) is 11.0. The van der Waals surface area contributed by atoms with Crippen molar-refractivity contribution in [1.82, 2.24) is 5.43 Å². The van der Waals surface area contributed by atoms with Crippen LogP contribution in [0.15, 0.2) is 88.4 Å². The van der Waals surface area contributed by atoms with Crippen molar-refractivity contribution in [3.8, 4) is 11.5 Å². The second-order valence-corrected chi connectivity index (χ2v) is 8.68. The van der Waals surface area contributed by atoms with Crippen molar-refractivity contribution >= 4 is 50.4 Å². The van der Waals surface area contributed by atoms with Gasteiger partial charge in [-0.2, -0.15) is 5.10 Å². The number of benzene rings is 4. The highest BCUT2D eigenvalue weighted by Gasteiger charge is 2.12. The molecular formula is C27H22BrClN2O3. The summed E-state index contributed by atoms with van der Waals surface area (Å²) in [6, 6.07) is 24.6. The van der Waals surface area contributed by atoms with Crippen LogP contribution in [0.5, 0.6) is 11.5 Å². The molecular weight excluding hydrogens is 516 g/mol. The summed E-state index contributed by atoms with van der Waals surface area (Å²) in [7, 11) is 0. The van der Waals surface area contributed by atoms with Crippen LogP contribution in [0.2, 0.25) is 5.02 Å². The number of amides is 1. The van der Waals surface area contributed by atoms with Gasteiger partial charge in [0.25, 0.3) is 5.91 Å². The monoisotopic (exact) mass is 536 g/mol. The van der Waals surface area contributed by atoms with Gasteiger partial charge in [-0.3, -0.25) is 4.79 Å². The lowest BCUT2D eigenvalue weighted by Gasteiger charge is -2.15. The number of halogens is 2. The molecule has 0 aliphatic heterocycles. The largest absolute Gasteiger partial charge is 0.490 e. The molecule has 0 bridgehead atoms. The van der Waals surface area contributed by atoms with E-state index < -0.39 is 0 Å². The van der Waals surface area contributed by atoms with E-state index in [2.05, 4.69) is 50.7 Å². The van der Waals surface area contributed by atoms with Gasteiger partial charge in [0, 0.05) is 20.6 Å². The minimum Gasteiger partial charge on any atom is -0.490 e. The number of nitrogens with one attached hydrogen (secondary N) is 1. The molecule has 1 amide bonds. The first-order valence-electron chi connectivity index (χ1n) is 10.7. The van der Waals surface area contributed by atoms with Crippen molar-refractivity contribution in [2.75, 3.05) is 6.61 Å². The summed E-state index contributed by atoms with van der Waals surface area (Å²) in [4.78, 5) is 12.2. The Labute approximate surface area is 211 Å². The van der Waals surface area contributed by atoms with Crippen LogP contribution >= 0.6 is 27.5 Å². The molecule has 0 saturated heterocycles. The SMILES string of the molecule is CCOc1cc(/C=N\NC(=O)c2ccc(Cl)cc2)c(Br)cc1OCc1cccc2ccccc12. The summed E-state index contributed by atoms with van der Waals surface area (Å²) >= 11 is 9.43. The second kappa shape index (κ2) is 11.2. The number of hydrogen-bond acceptors (Lipinski definition) is 4. The van der Waals surface area contributed by atoms with Gasteiger partial charge in [0.05, 0.1) is 12.8 Å². The lowest BCUT2D eigenvalue weighted by molar-refractivity contribution is 0.0955. The lowest BCUT2D eigenvalue weighted by atomic mass is 10.1. The summed E-state index contributed by atoms with van der Waals surface area (Å²) in [5, 5.41) is 6.96. The Hall–Kier alpha value is -3.35. The van der Waals surface area contributed by atoms with Crippen LogP contribution in [-0.4, -0.2) is 18.7 Å². The Balaban J connectivity index is 1.50. The molecule has 7 heteroatoms. The number of fused-ring (bicyclic) bond motifs is 1. The minimum atomic E-state index is -0.330.